The van der Waals surface area contributed by atoms with Crippen molar-refractivity contribution in [2.75, 3.05) is 0 Å². The minimum atomic E-state index is -1.11. The highest BCUT2D eigenvalue weighted by atomic mass is 16.5. The number of carbonyl (C=O) groups is 1. The molecular weight excluding hydrogens is 464 g/mol. The van der Waals surface area contributed by atoms with Gasteiger partial charge in [-0.3, -0.25) is 14.3 Å². The first-order valence-corrected chi connectivity index (χ1v) is 11.1. The van der Waals surface area contributed by atoms with Crippen LogP contribution in [0.2, 0.25) is 0 Å². The Labute approximate surface area is 205 Å². The minimum absolute atomic E-state index is 0.0409. The molecule has 0 atom stereocenters. The Morgan fingerprint density at radius 3 is 2.53 bits per heavy atom. The van der Waals surface area contributed by atoms with Gasteiger partial charge in [0.25, 0.3) is 0 Å². The summed E-state index contributed by atoms with van der Waals surface area (Å²) in [6.45, 7) is 3.66. The van der Waals surface area contributed by atoms with E-state index in [4.69, 9.17) is 9.84 Å². The van der Waals surface area contributed by atoms with Crippen LogP contribution in [0.5, 0.6) is 11.6 Å². The van der Waals surface area contributed by atoms with E-state index >= 15 is 0 Å². The third-order valence-corrected chi connectivity index (χ3v) is 5.35. The molecule has 2 heterocycles. The number of hydrogen-bond acceptors (Lipinski definition) is 7. The second-order valence-electron chi connectivity index (χ2n) is 8.13. The number of ether oxygens (including phenoxy) is 1. The number of aryl methyl sites for hydroxylation is 2. The molecule has 0 aliphatic heterocycles. The normalized spacial score (nSPS) is 11.4. The van der Waals surface area contributed by atoms with Gasteiger partial charge in [0.1, 0.15) is 5.75 Å². The Morgan fingerprint density at radius 1 is 1.08 bits per heavy atom. The monoisotopic (exact) mass is 488 g/mol. The molecule has 11 nitrogen and oxygen atoms in total. The number of nitrogens with one attached hydrogen (secondary N) is 1. The fourth-order valence-corrected chi connectivity index (χ4v) is 3.46. The Balaban J connectivity index is 1.77. The molecule has 36 heavy (non-hydrogen) atoms. The molecule has 4 rings (SSSR count). The van der Waals surface area contributed by atoms with E-state index in [1.165, 1.54) is 4.57 Å². The SMILES string of the molecule is Cc1ccc(Cn2c(=O)n(CCC(=O)O)c(=O)[nH]/c2=N\c2ccc(Oc3cccnn3)c(C)c2)cc1. The lowest BCUT2D eigenvalue weighted by atomic mass is 10.1. The molecule has 0 bridgehead atoms. The maximum absolute atomic E-state index is 13.2. The summed E-state index contributed by atoms with van der Waals surface area (Å²) >= 11 is 0. The maximum Gasteiger partial charge on any atom is 0.335 e. The van der Waals surface area contributed by atoms with E-state index in [9.17, 15) is 14.4 Å². The fourth-order valence-electron chi connectivity index (χ4n) is 3.46. The summed E-state index contributed by atoms with van der Waals surface area (Å²) in [5, 5.41) is 16.7. The molecule has 2 aromatic carbocycles. The quantitative estimate of drug-likeness (QED) is 0.387. The minimum Gasteiger partial charge on any atom is -0.481 e. The average Bonchev–Trinajstić information content (AvgIpc) is 2.85. The van der Waals surface area contributed by atoms with Crippen LogP contribution in [0.4, 0.5) is 5.69 Å². The predicted octanol–water partition coefficient (Wildman–Crippen LogP) is 2.29. The first-order chi connectivity index (χ1) is 17.3. The van der Waals surface area contributed by atoms with Gasteiger partial charge in [-0.1, -0.05) is 29.8 Å². The largest absolute Gasteiger partial charge is 0.481 e. The third kappa shape index (κ3) is 5.81. The molecule has 0 aliphatic rings. The molecule has 0 unspecified atom stereocenters. The van der Waals surface area contributed by atoms with Gasteiger partial charge in [-0.25, -0.2) is 19.1 Å². The molecule has 11 heteroatoms. The van der Waals surface area contributed by atoms with Crippen LogP contribution >= 0.6 is 0 Å². The van der Waals surface area contributed by atoms with Gasteiger partial charge in [-0.05, 0) is 49.2 Å². The second-order valence-corrected chi connectivity index (χ2v) is 8.13. The Bertz CT molecular complexity index is 1570. The van der Waals surface area contributed by atoms with E-state index in [0.29, 0.717) is 17.3 Å². The van der Waals surface area contributed by atoms with Crippen molar-refractivity contribution in [3.8, 4) is 11.6 Å². The van der Waals surface area contributed by atoms with E-state index in [1.54, 1.807) is 36.5 Å². The van der Waals surface area contributed by atoms with E-state index in [2.05, 4.69) is 20.2 Å². The molecule has 0 amide bonds. The first kappa shape index (κ1) is 24.3. The zero-order valence-corrected chi connectivity index (χ0v) is 19.7. The number of aromatic nitrogens is 5. The summed E-state index contributed by atoms with van der Waals surface area (Å²) in [6, 6.07) is 16.1. The highest BCUT2D eigenvalue weighted by Gasteiger charge is 2.12. The summed E-state index contributed by atoms with van der Waals surface area (Å²) in [5.41, 5.74) is 1.77. The van der Waals surface area contributed by atoms with Crippen molar-refractivity contribution in [3.63, 3.8) is 0 Å². The van der Waals surface area contributed by atoms with Gasteiger partial charge in [-0.15, -0.1) is 5.10 Å². The van der Waals surface area contributed by atoms with Gasteiger partial charge in [-0.2, -0.15) is 5.10 Å². The predicted molar refractivity (Wildman–Crippen MR) is 130 cm³/mol. The standard InChI is InChI=1S/C25H24N6O5/c1-16-5-7-18(8-6-16)15-31-23(28-24(34)30(25(31)35)13-11-22(32)33)27-19-9-10-20(17(2)14-19)36-21-4-3-12-26-29-21/h3-10,12,14H,11,13,15H2,1-2H3,(H,32,33)(H,27,28,34). The van der Waals surface area contributed by atoms with E-state index in [0.717, 1.165) is 21.3 Å². The van der Waals surface area contributed by atoms with Gasteiger partial charge in [0, 0.05) is 18.8 Å². The molecule has 184 valence electrons. The topological polar surface area (TPSA) is 144 Å². The number of H-pyrrole nitrogens is 1. The number of nitrogens with zero attached hydrogens (tertiary/aromatic N) is 5. The lowest BCUT2D eigenvalue weighted by molar-refractivity contribution is -0.137. The highest BCUT2D eigenvalue weighted by molar-refractivity contribution is 5.66. The lowest BCUT2D eigenvalue weighted by Gasteiger charge is -2.11. The Morgan fingerprint density at radius 2 is 1.86 bits per heavy atom. The molecule has 4 aromatic rings. The third-order valence-electron chi connectivity index (χ3n) is 5.35. The zero-order chi connectivity index (χ0) is 25.7. The summed E-state index contributed by atoms with van der Waals surface area (Å²) in [5.74, 6) is -0.213. The number of aromatic amines is 1. The number of carboxylic acid groups (broad SMARTS) is 1. The average molecular weight is 489 g/mol. The summed E-state index contributed by atoms with van der Waals surface area (Å²) < 4.78 is 7.93. The number of rotatable bonds is 8. The smallest absolute Gasteiger partial charge is 0.335 e. The second kappa shape index (κ2) is 10.6. The van der Waals surface area contributed by atoms with E-state index < -0.39 is 17.3 Å². The van der Waals surface area contributed by atoms with Crippen LogP contribution in [0.1, 0.15) is 23.1 Å². The molecular formula is C25H24N6O5. The van der Waals surface area contributed by atoms with Crippen LogP contribution in [-0.2, 0) is 17.9 Å². The lowest BCUT2D eigenvalue weighted by Crippen LogP contribution is -2.50. The molecule has 0 fully saturated rings. The molecule has 0 aliphatic carbocycles. The molecule has 0 spiro atoms. The molecule has 2 N–H and O–H groups in total. The number of benzene rings is 2. The van der Waals surface area contributed by atoms with Gasteiger partial charge in [0.2, 0.25) is 11.5 Å². The molecule has 0 saturated carbocycles. The first-order valence-electron chi connectivity index (χ1n) is 11.1. The van der Waals surface area contributed by atoms with Gasteiger partial charge in [0.05, 0.1) is 18.7 Å². The maximum atomic E-state index is 13.2. The number of hydrogen-bond donors (Lipinski definition) is 2. The van der Waals surface area contributed by atoms with Gasteiger partial charge >= 0.3 is 17.3 Å². The van der Waals surface area contributed by atoms with E-state index in [-0.39, 0.29) is 25.1 Å². The van der Waals surface area contributed by atoms with Gasteiger partial charge < -0.3 is 9.84 Å². The molecule has 0 radical (unpaired) electrons. The summed E-state index contributed by atoms with van der Waals surface area (Å²) in [4.78, 5) is 44.0. The molecule has 2 aromatic heterocycles. The van der Waals surface area contributed by atoms with Crippen LogP contribution in [0.15, 0.2) is 75.4 Å². The Hall–Kier alpha value is -4.80. The van der Waals surface area contributed by atoms with Crippen LogP contribution < -0.4 is 21.7 Å². The zero-order valence-electron chi connectivity index (χ0n) is 19.7. The highest BCUT2D eigenvalue weighted by Crippen LogP contribution is 2.26. The van der Waals surface area contributed by atoms with Gasteiger partial charge in [0.15, 0.2) is 0 Å². The van der Waals surface area contributed by atoms with Crippen LogP contribution in [0.25, 0.3) is 0 Å². The van der Waals surface area contributed by atoms with Crippen molar-refractivity contribution < 1.29 is 14.6 Å². The molecule has 0 saturated heterocycles. The number of aliphatic carboxylic acids is 1. The number of carboxylic acids is 1. The van der Waals surface area contributed by atoms with Crippen molar-refractivity contribution in [1.29, 1.82) is 0 Å². The summed E-state index contributed by atoms with van der Waals surface area (Å²) in [7, 11) is 0. The van der Waals surface area contributed by atoms with Crippen molar-refractivity contribution in [2.24, 2.45) is 4.99 Å². The van der Waals surface area contributed by atoms with Crippen molar-refractivity contribution in [2.45, 2.75) is 33.4 Å². The van der Waals surface area contributed by atoms with Crippen molar-refractivity contribution >= 4 is 11.7 Å². The Kier molecular flexibility index (Phi) is 7.19. The van der Waals surface area contributed by atoms with E-state index in [1.807, 2.05) is 38.1 Å². The van der Waals surface area contributed by atoms with Crippen molar-refractivity contribution in [1.82, 2.24) is 24.3 Å². The van der Waals surface area contributed by atoms with Crippen molar-refractivity contribution in [3.05, 3.63) is 104 Å². The van der Waals surface area contributed by atoms with Crippen LogP contribution in [-0.4, -0.2) is 35.4 Å². The van der Waals surface area contributed by atoms with Crippen LogP contribution in [0.3, 0.4) is 0 Å². The fraction of sp³-hybridized carbons (Fsp3) is 0.200. The van der Waals surface area contributed by atoms with Crippen LogP contribution in [0, 0.1) is 13.8 Å². The summed E-state index contributed by atoms with van der Waals surface area (Å²) in [6.07, 6.45) is 1.18.